The molecule has 0 spiro atoms. The van der Waals surface area contributed by atoms with E-state index in [9.17, 15) is 4.79 Å². The summed E-state index contributed by atoms with van der Waals surface area (Å²) in [5.41, 5.74) is 2.05. The Bertz CT molecular complexity index is 746. The minimum absolute atomic E-state index is 0.0628. The zero-order chi connectivity index (χ0) is 19.7. The van der Waals surface area contributed by atoms with Crippen LogP contribution < -0.4 is 16.0 Å². The predicted octanol–water partition coefficient (Wildman–Crippen LogP) is 1.90. The molecule has 1 aromatic heterocycles. The fraction of sp³-hybridized carbons (Fsp3) is 0.450. The van der Waals surface area contributed by atoms with Crippen LogP contribution in [0.1, 0.15) is 38.8 Å². The van der Waals surface area contributed by atoms with Crippen LogP contribution in [0.3, 0.4) is 0 Å². The Kier molecular flexibility index (Phi) is 7.40. The lowest BCUT2D eigenvalue weighted by atomic mass is 10.1. The highest BCUT2D eigenvalue weighted by molar-refractivity contribution is 5.86. The van der Waals surface area contributed by atoms with E-state index < -0.39 is 0 Å². The van der Waals surface area contributed by atoms with Gasteiger partial charge in [-0.1, -0.05) is 24.3 Å². The first-order chi connectivity index (χ1) is 12.9. The van der Waals surface area contributed by atoms with Gasteiger partial charge in [-0.05, 0) is 44.9 Å². The molecule has 2 rings (SSSR count). The standard InChI is InChI=1S/C20H30N6O/c1-5-21-19(23-14-18(27)25-20(2,3)4)22-13-16-9-6-7-10-17(16)15-26-12-8-11-24-26/h6-12H,5,13-15H2,1-4H3,(H,25,27)(H2,21,22,23). The third-order valence-corrected chi connectivity index (χ3v) is 3.69. The van der Waals surface area contributed by atoms with E-state index in [1.165, 1.54) is 5.56 Å². The van der Waals surface area contributed by atoms with Gasteiger partial charge < -0.3 is 16.0 Å². The van der Waals surface area contributed by atoms with Gasteiger partial charge in [0.25, 0.3) is 0 Å². The Morgan fingerprint density at radius 3 is 2.52 bits per heavy atom. The van der Waals surface area contributed by atoms with Crippen molar-refractivity contribution in [3.8, 4) is 0 Å². The van der Waals surface area contributed by atoms with Crippen molar-refractivity contribution in [2.45, 2.75) is 46.3 Å². The quantitative estimate of drug-likeness (QED) is 0.513. The molecular formula is C20H30N6O. The molecule has 2 aromatic rings. The zero-order valence-electron chi connectivity index (χ0n) is 16.6. The highest BCUT2D eigenvalue weighted by Gasteiger charge is 2.13. The van der Waals surface area contributed by atoms with Gasteiger partial charge in [-0.25, -0.2) is 4.99 Å². The zero-order valence-corrected chi connectivity index (χ0v) is 16.6. The van der Waals surface area contributed by atoms with Crippen LogP contribution in [0.15, 0.2) is 47.7 Å². The van der Waals surface area contributed by atoms with E-state index >= 15 is 0 Å². The summed E-state index contributed by atoms with van der Waals surface area (Å²) < 4.78 is 1.89. The number of hydrogen-bond donors (Lipinski definition) is 3. The molecular weight excluding hydrogens is 340 g/mol. The number of hydrogen-bond acceptors (Lipinski definition) is 3. The van der Waals surface area contributed by atoms with Gasteiger partial charge >= 0.3 is 0 Å². The van der Waals surface area contributed by atoms with E-state index in [1.54, 1.807) is 6.20 Å². The van der Waals surface area contributed by atoms with E-state index in [-0.39, 0.29) is 18.0 Å². The third-order valence-electron chi connectivity index (χ3n) is 3.69. The van der Waals surface area contributed by atoms with E-state index in [0.29, 0.717) is 19.0 Å². The van der Waals surface area contributed by atoms with E-state index in [4.69, 9.17) is 0 Å². The summed E-state index contributed by atoms with van der Waals surface area (Å²) in [5, 5.41) is 13.5. The van der Waals surface area contributed by atoms with Crippen molar-refractivity contribution in [3.05, 3.63) is 53.9 Å². The normalized spacial score (nSPS) is 11.9. The molecule has 146 valence electrons. The highest BCUT2D eigenvalue weighted by Crippen LogP contribution is 2.11. The number of nitrogens with one attached hydrogen (secondary N) is 3. The molecule has 7 nitrogen and oxygen atoms in total. The molecule has 0 radical (unpaired) electrons. The number of carbonyl (C=O) groups is 1. The highest BCUT2D eigenvalue weighted by atomic mass is 16.2. The lowest BCUT2D eigenvalue weighted by Crippen LogP contribution is -2.48. The second-order valence-corrected chi connectivity index (χ2v) is 7.32. The molecule has 0 aliphatic carbocycles. The Morgan fingerprint density at radius 1 is 1.15 bits per heavy atom. The molecule has 7 heteroatoms. The lowest BCUT2D eigenvalue weighted by Gasteiger charge is -2.21. The average Bonchev–Trinajstić information content (AvgIpc) is 3.10. The molecule has 0 unspecified atom stereocenters. The van der Waals surface area contributed by atoms with Crippen LogP contribution in [0.5, 0.6) is 0 Å². The van der Waals surface area contributed by atoms with Crippen molar-refractivity contribution in [1.29, 1.82) is 0 Å². The number of rotatable bonds is 7. The molecule has 1 aromatic carbocycles. The van der Waals surface area contributed by atoms with Gasteiger partial charge in [0.15, 0.2) is 5.96 Å². The maximum Gasteiger partial charge on any atom is 0.239 e. The number of guanidine groups is 1. The summed E-state index contributed by atoms with van der Waals surface area (Å²) in [4.78, 5) is 16.6. The van der Waals surface area contributed by atoms with Crippen molar-refractivity contribution >= 4 is 11.9 Å². The molecule has 0 saturated heterocycles. The number of aliphatic imine (C=N–C) groups is 1. The van der Waals surface area contributed by atoms with Crippen LogP contribution >= 0.6 is 0 Å². The van der Waals surface area contributed by atoms with E-state index in [1.807, 2.05) is 56.8 Å². The van der Waals surface area contributed by atoms with Crippen LogP contribution in [-0.2, 0) is 17.9 Å². The van der Waals surface area contributed by atoms with Crippen LogP contribution in [0.25, 0.3) is 0 Å². The molecule has 0 bridgehead atoms. The number of amides is 1. The predicted molar refractivity (Wildman–Crippen MR) is 108 cm³/mol. The summed E-state index contributed by atoms with van der Waals surface area (Å²) in [5.74, 6) is 0.558. The van der Waals surface area contributed by atoms with Crippen LogP contribution in [-0.4, -0.2) is 40.3 Å². The number of benzene rings is 1. The summed E-state index contributed by atoms with van der Waals surface area (Å²) >= 11 is 0. The molecule has 3 N–H and O–H groups in total. The minimum atomic E-state index is -0.250. The monoisotopic (exact) mass is 370 g/mol. The summed E-state index contributed by atoms with van der Waals surface area (Å²) in [6.07, 6.45) is 3.72. The molecule has 27 heavy (non-hydrogen) atoms. The SMILES string of the molecule is CCNC(=NCc1ccccc1Cn1cccn1)NCC(=O)NC(C)(C)C. The fourth-order valence-electron chi connectivity index (χ4n) is 2.57. The van der Waals surface area contributed by atoms with Crippen LogP contribution in [0.2, 0.25) is 0 Å². The smallest absolute Gasteiger partial charge is 0.239 e. The molecule has 0 fully saturated rings. The van der Waals surface area contributed by atoms with Gasteiger partial charge in [-0.3, -0.25) is 9.48 Å². The van der Waals surface area contributed by atoms with Gasteiger partial charge in [-0.15, -0.1) is 0 Å². The van der Waals surface area contributed by atoms with Crippen LogP contribution in [0, 0.1) is 0 Å². The second-order valence-electron chi connectivity index (χ2n) is 7.32. The van der Waals surface area contributed by atoms with Gasteiger partial charge in [-0.2, -0.15) is 5.10 Å². The summed E-state index contributed by atoms with van der Waals surface area (Å²) in [6, 6.07) is 10.1. The van der Waals surface area contributed by atoms with Crippen molar-refractivity contribution in [2.24, 2.45) is 4.99 Å². The van der Waals surface area contributed by atoms with Gasteiger partial charge in [0.2, 0.25) is 5.91 Å². The Balaban J connectivity index is 2.01. The first-order valence-corrected chi connectivity index (χ1v) is 9.25. The number of nitrogens with zero attached hydrogens (tertiary/aromatic N) is 3. The minimum Gasteiger partial charge on any atom is -0.357 e. The maximum absolute atomic E-state index is 12.0. The summed E-state index contributed by atoms with van der Waals surface area (Å²) in [7, 11) is 0. The fourth-order valence-corrected chi connectivity index (χ4v) is 2.57. The first kappa shape index (κ1) is 20.5. The summed E-state index contributed by atoms with van der Waals surface area (Å²) in [6.45, 7) is 10.0. The van der Waals surface area contributed by atoms with Gasteiger partial charge in [0, 0.05) is 24.5 Å². The van der Waals surface area contributed by atoms with Crippen LogP contribution in [0.4, 0.5) is 0 Å². The topological polar surface area (TPSA) is 83.3 Å². The molecule has 0 atom stereocenters. The van der Waals surface area contributed by atoms with Crippen molar-refractivity contribution in [2.75, 3.05) is 13.1 Å². The first-order valence-electron chi connectivity index (χ1n) is 9.25. The third kappa shape index (κ3) is 7.52. The van der Waals surface area contributed by atoms with Gasteiger partial charge in [0.05, 0.1) is 19.6 Å². The van der Waals surface area contributed by atoms with Crippen molar-refractivity contribution in [1.82, 2.24) is 25.7 Å². The number of carbonyl (C=O) groups excluding carboxylic acids is 1. The molecule has 1 heterocycles. The maximum atomic E-state index is 12.0. The molecule has 1 amide bonds. The van der Waals surface area contributed by atoms with Gasteiger partial charge in [0.1, 0.15) is 0 Å². The van der Waals surface area contributed by atoms with Crippen molar-refractivity contribution < 1.29 is 4.79 Å². The lowest BCUT2D eigenvalue weighted by molar-refractivity contribution is -0.121. The Morgan fingerprint density at radius 2 is 1.89 bits per heavy atom. The Hall–Kier alpha value is -2.83. The van der Waals surface area contributed by atoms with Crippen molar-refractivity contribution in [3.63, 3.8) is 0 Å². The average molecular weight is 371 g/mol. The number of aromatic nitrogens is 2. The molecule has 0 saturated carbocycles. The van der Waals surface area contributed by atoms with E-state index in [2.05, 4.69) is 38.2 Å². The molecule has 0 aliphatic rings. The largest absolute Gasteiger partial charge is 0.357 e. The Labute approximate surface area is 161 Å². The van der Waals surface area contributed by atoms with E-state index in [0.717, 1.165) is 12.1 Å². The molecule has 0 aliphatic heterocycles. The second kappa shape index (κ2) is 9.75.